The molecule has 6 heteroatoms. The van der Waals surface area contributed by atoms with E-state index in [0.717, 1.165) is 10.8 Å². The summed E-state index contributed by atoms with van der Waals surface area (Å²) in [5.41, 5.74) is 0.271. The number of nitrogens with zero attached hydrogens (tertiary/aromatic N) is 1. The first kappa shape index (κ1) is 14.4. The fourth-order valence-electron chi connectivity index (χ4n) is 1.90. The third-order valence-electron chi connectivity index (χ3n) is 2.82. The molecule has 1 atom stereocenters. The van der Waals surface area contributed by atoms with E-state index in [9.17, 15) is 18.4 Å². The second-order valence-electron chi connectivity index (χ2n) is 4.14. The second kappa shape index (κ2) is 6.40. The van der Waals surface area contributed by atoms with Crippen molar-refractivity contribution in [1.29, 1.82) is 0 Å². The zero-order chi connectivity index (χ0) is 14.5. The van der Waals surface area contributed by atoms with Crippen molar-refractivity contribution in [2.45, 2.75) is 12.8 Å². The van der Waals surface area contributed by atoms with Crippen LogP contribution in [-0.4, -0.2) is 21.0 Å². The average molecular weight is 290 g/mol. The Bertz CT molecular complexity index is 671. The normalized spacial score (nSPS) is 12.1. The molecule has 20 heavy (non-hydrogen) atoms. The fourth-order valence-corrected chi connectivity index (χ4v) is 2.44. The monoisotopic (exact) mass is 290 g/mol. The summed E-state index contributed by atoms with van der Waals surface area (Å²) in [6, 6.07) is 12.4. The molecule has 0 bridgehead atoms. The van der Waals surface area contributed by atoms with Gasteiger partial charge in [0.2, 0.25) is 5.91 Å². The minimum Gasteiger partial charge on any atom is -0.755 e. The first-order valence-electron chi connectivity index (χ1n) is 5.98. The van der Waals surface area contributed by atoms with Crippen LogP contribution >= 0.6 is 0 Å². The van der Waals surface area contributed by atoms with Crippen molar-refractivity contribution >= 4 is 39.9 Å². The lowest BCUT2D eigenvalue weighted by Gasteiger charge is -2.24. The molecule has 0 aliphatic rings. The number of aldehydes is 1. The maximum atomic E-state index is 11.9. The van der Waals surface area contributed by atoms with Crippen molar-refractivity contribution in [3.8, 4) is 0 Å². The molecule has 0 aliphatic heterocycles. The lowest BCUT2D eigenvalue weighted by molar-refractivity contribution is -0.119. The predicted octanol–water partition coefficient (Wildman–Crippen LogP) is 1.95. The second-order valence-corrected chi connectivity index (χ2v) is 4.94. The van der Waals surface area contributed by atoms with E-state index in [-0.39, 0.29) is 18.5 Å². The van der Waals surface area contributed by atoms with E-state index < -0.39 is 17.2 Å². The number of amides is 1. The highest BCUT2D eigenvalue weighted by molar-refractivity contribution is 7.81. The lowest BCUT2D eigenvalue weighted by Crippen LogP contribution is -2.32. The third-order valence-corrected chi connectivity index (χ3v) is 3.53. The number of benzene rings is 2. The van der Waals surface area contributed by atoms with Gasteiger partial charge in [-0.25, -0.2) is 4.31 Å². The van der Waals surface area contributed by atoms with Crippen LogP contribution in [0.3, 0.4) is 0 Å². The van der Waals surface area contributed by atoms with E-state index in [1.54, 1.807) is 18.2 Å². The molecule has 0 aromatic heterocycles. The Morgan fingerprint density at radius 3 is 2.55 bits per heavy atom. The van der Waals surface area contributed by atoms with Gasteiger partial charge in [0.05, 0.1) is 17.0 Å². The molecule has 0 fully saturated rings. The van der Waals surface area contributed by atoms with Crippen LogP contribution in [0.2, 0.25) is 0 Å². The van der Waals surface area contributed by atoms with Crippen molar-refractivity contribution in [1.82, 2.24) is 0 Å². The van der Waals surface area contributed by atoms with Gasteiger partial charge in [0.15, 0.2) is 0 Å². The molecule has 1 unspecified atom stereocenters. The minimum absolute atomic E-state index is 0.000114. The average Bonchev–Trinajstić information content (AvgIpc) is 2.44. The number of hydrogen-bond donors (Lipinski definition) is 0. The van der Waals surface area contributed by atoms with Gasteiger partial charge >= 0.3 is 0 Å². The molecule has 104 valence electrons. The van der Waals surface area contributed by atoms with E-state index >= 15 is 0 Å². The van der Waals surface area contributed by atoms with E-state index in [4.69, 9.17) is 0 Å². The molecule has 0 saturated carbocycles. The molecule has 5 nitrogen and oxygen atoms in total. The smallest absolute Gasteiger partial charge is 0.238 e. The summed E-state index contributed by atoms with van der Waals surface area (Å²) in [4.78, 5) is 22.1. The van der Waals surface area contributed by atoms with Crippen LogP contribution in [0.4, 0.5) is 5.69 Å². The molecule has 2 aromatic carbocycles. The van der Waals surface area contributed by atoms with E-state index in [1.807, 2.05) is 24.3 Å². The summed E-state index contributed by atoms with van der Waals surface area (Å²) < 4.78 is 23.2. The van der Waals surface area contributed by atoms with Crippen LogP contribution in [0.5, 0.6) is 0 Å². The van der Waals surface area contributed by atoms with Crippen molar-refractivity contribution in [3.63, 3.8) is 0 Å². The molecule has 0 heterocycles. The van der Waals surface area contributed by atoms with Gasteiger partial charge in [0.25, 0.3) is 0 Å². The Balaban J connectivity index is 2.38. The Morgan fingerprint density at radius 1 is 1.20 bits per heavy atom. The fraction of sp³-hybridized carbons (Fsp3) is 0.143. The van der Waals surface area contributed by atoms with Crippen molar-refractivity contribution in [2.24, 2.45) is 0 Å². The molecular formula is C14H12NO4S-. The van der Waals surface area contributed by atoms with Crippen LogP contribution in [0.1, 0.15) is 12.8 Å². The molecular weight excluding hydrogens is 278 g/mol. The zero-order valence-corrected chi connectivity index (χ0v) is 11.3. The first-order chi connectivity index (χ1) is 9.63. The number of carbonyl (C=O) groups is 2. The first-order valence-corrected chi connectivity index (χ1v) is 7.01. The Kier molecular flexibility index (Phi) is 4.60. The number of carbonyl (C=O) groups excluding carboxylic acids is 2. The summed E-state index contributed by atoms with van der Waals surface area (Å²) in [5, 5.41) is 1.79. The molecule has 0 saturated heterocycles. The minimum atomic E-state index is -2.71. The molecule has 0 N–H and O–H groups in total. The Labute approximate surface area is 118 Å². The Morgan fingerprint density at radius 2 is 1.90 bits per heavy atom. The SMILES string of the molecule is O=CCCC(=O)N(c1ccc2ccccc2c1)S(=O)[O-]. The summed E-state index contributed by atoms with van der Waals surface area (Å²) in [7, 11) is 0. The van der Waals surface area contributed by atoms with Crippen molar-refractivity contribution in [2.75, 3.05) is 4.31 Å². The van der Waals surface area contributed by atoms with Crippen LogP contribution in [-0.2, 0) is 20.9 Å². The van der Waals surface area contributed by atoms with Crippen LogP contribution < -0.4 is 4.31 Å². The zero-order valence-electron chi connectivity index (χ0n) is 10.5. The molecule has 0 radical (unpaired) electrons. The number of anilines is 1. The van der Waals surface area contributed by atoms with Gasteiger partial charge in [0, 0.05) is 12.8 Å². The number of hydrogen-bond acceptors (Lipinski definition) is 4. The standard InChI is InChI=1S/C14H13NO4S/c16-9-3-6-14(17)15(20(18)19)13-8-7-11-4-1-2-5-12(11)10-13/h1-2,4-5,7-10H,3,6H2,(H,18,19)/p-1. The highest BCUT2D eigenvalue weighted by Crippen LogP contribution is 2.23. The highest BCUT2D eigenvalue weighted by atomic mass is 32.2. The van der Waals surface area contributed by atoms with Crippen LogP contribution in [0.25, 0.3) is 10.8 Å². The molecule has 0 aliphatic carbocycles. The molecule has 1 amide bonds. The number of rotatable bonds is 5. The number of fused-ring (bicyclic) bond motifs is 1. The highest BCUT2D eigenvalue weighted by Gasteiger charge is 2.16. The Hall–Kier alpha value is -2.05. The van der Waals surface area contributed by atoms with Gasteiger partial charge < -0.3 is 9.35 Å². The topological polar surface area (TPSA) is 77.5 Å². The van der Waals surface area contributed by atoms with Crippen LogP contribution in [0.15, 0.2) is 42.5 Å². The molecule has 2 aromatic rings. The quantitative estimate of drug-likeness (QED) is 0.623. The van der Waals surface area contributed by atoms with Crippen molar-refractivity contribution in [3.05, 3.63) is 42.5 Å². The maximum absolute atomic E-state index is 11.9. The lowest BCUT2D eigenvalue weighted by atomic mass is 10.1. The van der Waals surface area contributed by atoms with Gasteiger partial charge in [-0.15, -0.1) is 0 Å². The van der Waals surface area contributed by atoms with Gasteiger partial charge in [-0.05, 0) is 22.9 Å². The van der Waals surface area contributed by atoms with E-state index in [1.165, 1.54) is 0 Å². The van der Waals surface area contributed by atoms with Gasteiger partial charge in [-0.3, -0.25) is 9.00 Å². The van der Waals surface area contributed by atoms with E-state index in [0.29, 0.717) is 10.6 Å². The molecule has 0 spiro atoms. The summed E-state index contributed by atoms with van der Waals surface area (Å²) in [6.07, 6.45) is 0.453. The van der Waals surface area contributed by atoms with Crippen molar-refractivity contribution < 1.29 is 18.4 Å². The van der Waals surface area contributed by atoms with E-state index in [2.05, 4.69) is 0 Å². The third kappa shape index (κ3) is 3.09. The maximum Gasteiger partial charge on any atom is 0.238 e. The van der Waals surface area contributed by atoms with Gasteiger partial charge in [-0.2, -0.15) is 0 Å². The van der Waals surface area contributed by atoms with Gasteiger partial charge in [0.1, 0.15) is 6.29 Å². The predicted molar refractivity (Wildman–Crippen MR) is 75.7 cm³/mol. The summed E-state index contributed by atoms with van der Waals surface area (Å²) >= 11 is -2.71. The largest absolute Gasteiger partial charge is 0.755 e. The van der Waals surface area contributed by atoms with Crippen LogP contribution in [0, 0.1) is 0 Å². The summed E-state index contributed by atoms with van der Waals surface area (Å²) in [6.45, 7) is 0. The summed E-state index contributed by atoms with van der Waals surface area (Å²) in [5.74, 6) is -0.624. The van der Waals surface area contributed by atoms with Gasteiger partial charge in [-0.1, -0.05) is 30.3 Å². The molecule has 2 rings (SSSR count).